The van der Waals surface area contributed by atoms with E-state index in [9.17, 15) is 33.9 Å². The Kier molecular flexibility index (Phi) is 15.1. The predicted octanol–water partition coefficient (Wildman–Crippen LogP) is 6.78. The summed E-state index contributed by atoms with van der Waals surface area (Å²) in [5.74, 6) is -2.28. The number of imide groups is 1. The number of thiazole rings is 1. The molecule has 3 aliphatic heterocycles. The summed E-state index contributed by atoms with van der Waals surface area (Å²) >= 11 is 1.44. The smallest absolute Gasteiger partial charge is 0.326 e. The number of urea groups is 1. The zero-order valence-corrected chi connectivity index (χ0v) is 39.6. The number of ether oxygens (including phenoxy) is 2. The number of hydrogen-bond acceptors (Lipinski definition) is 12. The maximum atomic E-state index is 15.0. The van der Waals surface area contributed by atoms with Gasteiger partial charge in [0.1, 0.15) is 41.4 Å². The van der Waals surface area contributed by atoms with E-state index in [1.807, 2.05) is 58.2 Å². The van der Waals surface area contributed by atoms with Gasteiger partial charge in [0.05, 0.1) is 48.6 Å². The lowest BCUT2D eigenvalue weighted by molar-refractivity contribution is -0.144. The van der Waals surface area contributed by atoms with Gasteiger partial charge in [-0.25, -0.2) is 19.6 Å². The number of pyridine rings is 1. The lowest BCUT2D eigenvalue weighted by Gasteiger charge is -2.35. The second kappa shape index (κ2) is 20.9. The minimum Gasteiger partial charge on any atom is -0.497 e. The summed E-state index contributed by atoms with van der Waals surface area (Å²) in [6.45, 7) is 9.51. The number of allylic oxidation sites excluding steroid dienone is 2. The SMILES string of the molecule is COc1ccc2c(O[C@@H]3C[C@H]4C(=O)N[C@H](C(=O)O)CC/C=C\CCCCC[C@H](NC(=O)N[C@H](CN5C(=O)c6ccccc6C5=O)C(C)(C)C)C(=O)N4C3)cc(-c3csc(NC(C)C)n3)nc2c1. The zero-order valence-electron chi connectivity index (χ0n) is 38.8. The van der Waals surface area contributed by atoms with Crippen LogP contribution in [0.2, 0.25) is 0 Å². The Morgan fingerprint density at radius 2 is 1.67 bits per heavy atom. The van der Waals surface area contributed by atoms with Crippen LogP contribution >= 0.6 is 11.3 Å². The van der Waals surface area contributed by atoms with Gasteiger partial charge in [-0.2, -0.15) is 0 Å². The van der Waals surface area contributed by atoms with E-state index in [1.165, 1.54) is 16.2 Å². The predicted molar refractivity (Wildman–Crippen MR) is 254 cm³/mol. The largest absolute Gasteiger partial charge is 0.497 e. The molecule has 5 N–H and O–H groups in total. The highest BCUT2D eigenvalue weighted by atomic mass is 32.1. The molecular formula is C49H60N8O9S. The maximum Gasteiger partial charge on any atom is 0.326 e. The second-order valence-corrected chi connectivity index (χ2v) is 19.5. The minimum atomic E-state index is -1.21. The molecule has 1 fully saturated rings. The zero-order chi connectivity index (χ0) is 48.0. The van der Waals surface area contributed by atoms with E-state index in [1.54, 1.807) is 49.6 Å². The molecule has 7 rings (SSSR count). The number of carbonyl (C=O) groups excluding carboxylic acids is 5. The van der Waals surface area contributed by atoms with Gasteiger partial charge in [-0.15, -0.1) is 11.3 Å². The summed E-state index contributed by atoms with van der Waals surface area (Å²) in [6, 6.07) is 9.04. The number of anilines is 1. The molecule has 5 heterocycles. The van der Waals surface area contributed by atoms with Gasteiger partial charge in [-0.05, 0) is 75.6 Å². The van der Waals surface area contributed by atoms with Crippen molar-refractivity contribution in [2.24, 2.45) is 5.41 Å². The molecule has 17 nitrogen and oxygen atoms in total. The average molecular weight is 937 g/mol. The summed E-state index contributed by atoms with van der Waals surface area (Å²) < 4.78 is 12.3. The summed E-state index contributed by atoms with van der Waals surface area (Å²) in [5.41, 5.74) is 1.67. The van der Waals surface area contributed by atoms with Crippen molar-refractivity contribution in [2.75, 3.05) is 25.5 Å². The summed E-state index contributed by atoms with van der Waals surface area (Å²) in [5, 5.41) is 25.3. The van der Waals surface area contributed by atoms with Gasteiger partial charge in [-0.3, -0.25) is 24.1 Å². The fraction of sp³-hybridized carbons (Fsp3) is 0.469. The molecule has 5 atom stereocenters. The van der Waals surface area contributed by atoms with Gasteiger partial charge in [0.2, 0.25) is 11.8 Å². The first-order valence-electron chi connectivity index (χ1n) is 22.9. The first-order valence-corrected chi connectivity index (χ1v) is 23.8. The van der Waals surface area contributed by atoms with Crippen molar-refractivity contribution in [3.8, 4) is 22.9 Å². The van der Waals surface area contributed by atoms with Gasteiger partial charge in [0.25, 0.3) is 11.8 Å². The number of nitrogens with one attached hydrogen (secondary N) is 4. The Bertz CT molecular complexity index is 2500. The number of benzene rings is 2. The Balaban J connectivity index is 1.18. The van der Waals surface area contributed by atoms with Crippen LogP contribution in [0.5, 0.6) is 11.5 Å². The van der Waals surface area contributed by atoms with Crippen LogP contribution in [-0.2, 0) is 14.4 Å². The fourth-order valence-corrected chi connectivity index (χ4v) is 9.39. The minimum absolute atomic E-state index is 0.0174. The number of carbonyl (C=O) groups is 6. The number of hydrogen-bond donors (Lipinski definition) is 5. The molecule has 2 aromatic carbocycles. The number of fused-ring (bicyclic) bond motifs is 3. The van der Waals surface area contributed by atoms with E-state index >= 15 is 0 Å². The van der Waals surface area contributed by atoms with Crippen LogP contribution in [0.25, 0.3) is 22.3 Å². The van der Waals surface area contributed by atoms with Crippen LogP contribution in [0, 0.1) is 5.41 Å². The molecule has 0 aliphatic carbocycles. The molecule has 1 saturated heterocycles. The van der Waals surface area contributed by atoms with Gasteiger partial charge in [0.15, 0.2) is 5.13 Å². The van der Waals surface area contributed by atoms with Crippen molar-refractivity contribution in [2.45, 2.75) is 122 Å². The Morgan fingerprint density at radius 3 is 2.36 bits per heavy atom. The average Bonchev–Trinajstić information content (AvgIpc) is 3.99. The van der Waals surface area contributed by atoms with Gasteiger partial charge in [-0.1, -0.05) is 57.9 Å². The molecule has 2 aromatic heterocycles. The number of aromatic nitrogens is 2. The molecule has 3 aliphatic rings. The van der Waals surface area contributed by atoms with Crippen LogP contribution < -0.4 is 30.7 Å². The van der Waals surface area contributed by atoms with E-state index in [0.29, 0.717) is 57.8 Å². The van der Waals surface area contributed by atoms with Crippen molar-refractivity contribution in [1.82, 2.24) is 35.7 Å². The molecule has 0 unspecified atom stereocenters. The highest BCUT2D eigenvalue weighted by Gasteiger charge is 2.45. The number of aliphatic carboxylic acids is 1. The highest BCUT2D eigenvalue weighted by molar-refractivity contribution is 7.14. The topological polar surface area (TPSA) is 221 Å². The molecule has 0 spiro atoms. The number of rotatable bonds is 11. The number of nitrogens with zero attached hydrogens (tertiary/aromatic N) is 4. The Labute approximate surface area is 394 Å². The number of methoxy groups -OCH3 is 1. The third-order valence-corrected chi connectivity index (χ3v) is 13.0. The Morgan fingerprint density at radius 1 is 0.940 bits per heavy atom. The first kappa shape index (κ1) is 48.4. The van der Waals surface area contributed by atoms with Gasteiger partial charge in [0, 0.05) is 35.4 Å². The van der Waals surface area contributed by atoms with E-state index in [4.69, 9.17) is 19.4 Å². The van der Waals surface area contributed by atoms with E-state index in [0.717, 1.165) is 29.3 Å². The lowest BCUT2D eigenvalue weighted by atomic mass is 9.86. The normalized spacial score (nSPS) is 21.7. The third-order valence-electron chi connectivity index (χ3n) is 12.3. The molecule has 6 amide bonds. The summed E-state index contributed by atoms with van der Waals surface area (Å²) in [6.07, 6.45) is 6.88. The van der Waals surface area contributed by atoms with Crippen molar-refractivity contribution in [3.63, 3.8) is 0 Å². The van der Waals surface area contributed by atoms with Crippen molar-refractivity contribution >= 4 is 63.0 Å². The first-order chi connectivity index (χ1) is 32.0. The van der Waals surface area contributed by atoms with Gasteiger partial charge < -0.3 is 40.7 Å². The number of carboxylic acids is 1. The Hall–Kier alpha value is -6.56. The summed E-state index contributed by atoms with van der Waals surface area (Å²) in [7, 11) is 1.56. The molecule has 0 bridgehead atoms. The van der Waals surface area contributed by atoms with Crippen LogP contribution in [-0.4, -0.2) is 117 Å². The molecule has 67 heavy (non-hydrogen) atoms. The molecule has 0 saturated carbocycles. The quantitative estimate of drug-likeness (QED) is 0.0776. The third kappa shape index (κ3) is 11.5. The number of carboxylic acid groups (broad SMARTS) is 1. The van der Waals surface area contributed by atoms with Crippen molar-refractivity contribution < 1.29 is 43.3 Å². The standard InChI is InChI=1S/C49H60N8O9S/c1-28(2)50-48-54-38(27-67-48)37-24-40(33-21-20-29(65-6)22-36(33)51-37)66-30-23-39-42(58)52-35(46(62)63)19-13-11-9-7-8-10-12-18-34(45(61)56(39)25-30)53-47(64)55-41(49(3,4)5)26-57-43(59)31-16-14-15-17-32(31)44(57)60/h9,11,14-17,20-22,24,27-28,30,34-35,39,41H,7-8,10,12-13,18-19,23,25-26H2,1-6H3,(H,50,54)(H,52,58)(H,62,63)(H2,53,55,64)/b11-9-/t30-,34+,35+,39+,41-/m1/s1. The molecule has 0 radical (unpaired) electrons. The van der Waals surface area contributed by atoms with Gasteiger partial charge >= 0.3 is 12.0 Å². The van der Waals surface area contributed by atoms with Crippen LogP contribution in [0.4, 0.5) is 9.93 Å². The second-order valence-electron chi connectivity index (χ2n) is 18.6. The van der Waals surface area contributed by atoms with E-state index in [-0.39, 0.29) is 38.4 Å². The molecule has 18 heteroatoms. The molecule has 356 valence electrons. The van der Waals surface area contributed by atoms with Crippen LogP contribution in [0.1, 0.15) is 107 Å². The number of amides is 6. The lowest BCUT2D eigenvalue weighted by Crippen LogP contribution is -2.59. The van der Waals surface area contributed by atoms with E-state index in [2.05, 4.69) is 21.3 Å². The molecular weight excluding hydrogens is 877 g/mol. The van der Waals surface area contributed by atoms with Crippen molar-refractivity contribution in [1.29, 1.82) is 0 Å². The monoisotopic (exact) mass is 936 g/mol. The fourth-order valence-electron chi connectivity index (χ4n) is 8.54. The maximum absolute atomic E-state index is 15.0. The van der Waals surface area contributed by atoms with Crippen LogP contribution in [0.15, 0.2) is 66.1 Å². The highest BCUT2D eigenvalue weighted by Crippen LogP contribution is 2.36. The van der Waals surface area contributed by atoms with Crippen LogP contribution in [0.3, 0.4) is 0 Å². The molecule has 4 aromatic rings. The van der Waals surface area contributed by atoms with Crippen molar-refractivity contribution in [3.05, 3.63) is 77.2 Å². The summed E-state index contributed by atoms with van der Waals surface area (Å²) in [4.78, 5) is 94.7. The van der Waals surface area contributed by atoms with E-state index < -0.39 is 71.3 Å².